The maximum absolute atomic E-state index is 11.6. The molecule has 0 bridgehead atoms. The van der Waals surface area contributed by atoms with Gasteiger partial charge in [-0.15, -0.1) is 0 Å². The van der Waals surface area contributed by atoms with Crippen LogP contribution in [0.2, 0.25) is 0 Å². The molecule has 0 radical (unpaired) electrons. The minimum absolute atomic E-state index is 0.225. The summed E-state index contributed by atoms with van der Waals surface area (Å²) in [5.41, 5.74) is 10.1. The van der Waals surface area contributed by atoms with Crippen LogP contribution in [0.15, 0.2) is 30.1 Å². The molecule has 0 spiro atoms. The van der Waals surface area contributed by atoms with E-state index in [0.717, 1.165) is 6.08 Å². The number of hydrogen-bond donors (Lipinski definition) is 3. The first kappa shape index (κ1) is 10.9. The average Bonchev–Trinajstić information content (AvgIpc) is 2.29. The Morgan fingerprint density at radius 2 is 2.29 bits per heavy atom. The largest absolute Gasteiger partial charge is 0.472 e. The Morgan fingerprint density at radius 1 is 1.53 bits per heavy atom. The summed E-state index contributed by atoms with van der Waals surface area (Å²) in [6.45, 7) is 0. The first-order valence-electron chi connectivity index (χ1n) is 4.77. The molecule has 2 heterocycles. The van der Waals surface area contributed by atoms with E-state index in [1.54, 1.807) is 12.1 Å². The third-order valence-electron chi connectivity index (χ3n) is 2.14. The van der Waals surface area contributed by atoms with Crippen molar-refractivity contribution in [2.45, 2.75) is 6.10 Å². The van der Waals surface area contributed by atoms with Crippen molar-refractivity contribution in [2.75, 3.05) is 5.32 Å². The molecule has 0 fully saturated rings. The lowest BCUT2D eigenvalue weighted by atomic mass is 10.2. The topological polar surface area (TPSA) is 120 Å². The van der Waals surface area contributed by atoms with E-state index < -0.39 is 17.9 Å². The summed E-state index contributed by atoms with van der Waals surface area (Å²) >= 11 is 0. The highest BCUT2D eigenvalue weighted by Gasteiger charge is 2.27. The van der Waals surface area contributed by atoms with Gasteiger partial charge in [-0.25, -0.2) is 4.98 Å². The van der Waals surface area contributed by atoms with Crippen molar-refractivity contribution in [2.24, 2.45) is 11.5 Å². The predicted octanol–water partition coefficient (Wildman–Crippen LogP) is -0.891. The van der Waals surface area contributed by atoms with Crippen LogP contribution < -0.4 is 21.5 Å². The number of amides is 2. The van der Waals surface area contributed by atoms with Gasteiger partial charge in [0.25, 0.3) is 11.8 Å². The van der Waals surface area contributed by atoms with Crippen molar-refractivity contribution >= 4 is 17.6 Å². The van der Waals surface area contributed by atoms with E-state index >= 15 is 0 Å². The number of rotatable bonds is 2. The summed E-state index contributed by atoms with van der Waals surface area (Å²) in [7, 11) is 0. The first-order valence-corrected chi connectivity index (χ1v) is 4.77. The zero-order valence-corrected chi connectivity index (χ0v) is 8.71. The van der Waals surface area contributed by atoms with Gasteiger partial charge < -0.3 is 21.5 Å². The molecule has 7 nitrogen and oxygen atoms in total. The van der Waals surface area contributed by atoms with E-state index in [1.807, 2.05) is 0 Å². The third-order valence-corrected chi connectivity index (χ3v) is 2.14. The fraction of sp³-hybridized carbons (Fsp3) is 0.100. The van der Waals surface area contributed by atoms with Crippen LogP contribution in [0.25, 0.3) is 0 Å². The first-order chi connectivity index (χ1) is 8.08. The van der Waals surface area contributed by atoms with Gasteiger partial charge in [-0.2, -0.15) is 0 Å². The molecule has 0 saturated carbocycles. The second kappa shape index (κ2) is 4.12. The lowest BCUT2D eigenvalue weighted by molar-refractivity contribution is -0.121. The van der Waals surface area contributed by atoms with Crippen molar-refractivity contribution in [1.29, 1.82) is 0 Å². The monoisotopic (exact) mass is 234 g/mol. The van der Waals surface area contributed by atoms with E-state index in [2.05, 4.69) is 10.3 Å². The summed E-state index contributed by atoms with van der Waals surface area (Å²) in [5, 5.41) is 2.53. The van der Waals surface area contributed by atoms with E-state index in [-0.39, 0.29) is 5.70 Å². The Morgan fingerprint density at radius 3 is 3.00 bits per heavy atom. The van der Waals surface area contributed by atoms with Gasteiger partial charge in [-0.05, 0) is 18.2 Å². The van der Waals surface area contributed by atoms with Gasteiger partial charge in [0.2, 0.25) is 0 Å². The van der Waals surface area contributed by atoms with Crippen LogP contribution in [-0.4, -0.2) is 22.9 Å². The second-order valence-electron chi connectivity index (χ2n) is 3.36. The number of pyridine rings is 1. The maximum atomic E-state index is 11.6. The van der Waals surface area contributed by atoms with Crippen LogP contribution in [0.5, 0.6) is 5.75 Å². The number of nitrogens with zero attached hydrogens (tertiary/aromatic N) is 1. The molecule has 0 aliphatic carbocycles. The van der Waals surface area contributed by atoms with Crippen molar-refractivity contribution in [3.05, 3.63) is 30.1 Å². The molecule has 5 N–H and O–H groups in total. The molecule has 17 heavy (non-hydrogen) atoms. The fourth-order valence-corrected chi connectivity index (χ4v) is 1.31. The molecule has 1 aliphatic heterocycles. The van der Waals surface area contributed by atoms with Crippen molar-refractivity contribution in [3.63, 3.8) is 0 Å². The summed E-state index contributed by atoms with van der Waals surface area (Å²) < 4.78 is 5.33. The molecule has 0 saturated heterocycles. The Balaban J connectivity index is 2.27. The lowest BCUT2D eigenvalue weighted by Crippen LogP contribution is -2.37. The highest BCUT2D eigenvalue weighted by atomic mass is 16.5. The molecule has 1 aromatic rings. The van der Waals surface area contributed by atoms with Gasteiger partial charge in [0.05, 0.1) is 5.70 Å². The number of hydrogen-bond acceptors (Lipinski definition) is 5. The highest BCUT2D eigenvalue weighted by Crippen LogP contribution is 2.26. The van der Waals surface area contributed by atoms with Gasteiger partial charge in [0.15, 0.2) is 17.7 Å². The smallest absolute Gasteiger partial charge is 0.270 e. The van der Waals surface area contributed by atoms with Gasteiger partial charge in [-0.1, -0.05) is 0 Å². The molecule has 2 rings (SSSR count). The molecular weight excluding hydrogens is 224 g/mol. The molecule has 7 heteroatoms. The van der Waals surface area contributed by atoms with Crippen molar-refractivity contribution in [3.8, 4) is 5.75 Å². The number of aromatic nitrogens is 1. The van der Waals surface area contributed by atoms with Gasteiger partial charge in [0, 0.05) is 6.20 Å². The fourth-order valence-electron chi connectivity index (χ4n) is 1.31. The quantitative estimate of drug-likeness (QED) is 0.573. The minimum Gasteiger partial charge on any atom is -0.472 e. The van der Waals surface area contributed by atoms with Crippen LogP contribution in [-0.2, 0) is 9.59 Å². The van der Waals surface area contributed by atoms with Crippen LogP contribution in [0.3, 0.4) is 0 Å². The van der Waals surface area contributed by atoms with Crippen LogP contribution >= 0.6 is 0 Å². The number of carbonyl (C=O) groups is 2. The van der Waals surface area contributed by atoms with Crippen LogP contribution in [0, 0.1) is 0 Å². The summed E-state index contributed by atoms with van der Waals surface area (Å²) in [6, 6.07) is 3.30. The van der Waals surface area contributed by atoms with E-state index in [4.69, 9.17) is 16.2 Å². The number of nitrogens with one attached hydrogen (secondary N) is 1. The Labute approximate surface area is 96.4 Å². The molecule has 0 aromatic carbocycles. The average molecular weight is 234 g/mol. The van der Waals surface area contributed by atoms with E-state index in [9.17, 15) is 9.59 Å². The zero-order valence-electron chi connectivity index (χ0n) is 8.71. The second-order valence-corrected chi connectivity index (χ2v) is 3.36. The van der Waals surface area contributed by atoms with Crippen molar-refractivity contribution in [1.82, 2.24) is 4.98 Å². The van der Waals surface area contributed by atoms with Crippen LogP contribution in [0.4, 0.5) is 5.82 Å². The maximum Gasteiger partial charge on any atom is 0.270 e. The number of carbonyl (C=O) groups excluding carboxylic acids is 2. The highest BCUT2D eigenvalue weighted by molar-refractivity contribution is 5.99. The zero-order chi connectivity index (χ0) is 12.4. The summed E-state index contributed by atoms with van der Waals surface area (Å²) in [4.78, 5) is 26.3. The third kappa shape index (κ3) is 2.17. The number of anilines is 1. The summed E-state index contributed by atoms with van der Waals surface area (Å²) in [6.07, 6.45) is 1.70. The number of primary amides is 1. The molecule has 88 valence electrons. The lowest BCUT2D eigenvalue weighted by Gasteiger charge is -2.22. The standard InChI is InChI=1S/C10H10N4O3/c11-5(8(12)15)4-7-10(16)14-9-6(17-7)2-1-3-13-9/h1-4,7H,11H2,(H2,12,15)(H,13,14,16)/t7-/m0/s1. The van der Waals surface area contributed by atoms with Crippen LogP contribution in [0.1, 0.15) is 0 Å². The number of fused-ring (bicyclic) bond motifs is 1. The molecule has 1 aliphatic rings. The van der Waals surface area contributed by atoms with Gasteiger partial charge in [0.1, 0.15) is 0 Å². The van der Waals surface area contributed by atoms with E-state index in [1.165, 1.54) is 6.20 Å². The summed E-state index contributed by atoms with van der Waals surface area (Å²) in [5.74, 6) is -0.524. The Bertz CT molecular complexity index is 512. The van der Waals surface area contributed by atoms with Gasteiger partial charge >= 0.3 is 0 Å². The molecular formula is C10H10N4O3. The number of ether oxygens (including phenoxy) is 1. The molecule has 1 aromatic heterocycles. The molecule has 1 atom stereocenters. The molecule has 2 amide bonds. The predicted molar refractivity (Wildman–Crippen MR) is 58.7 cm³/mol. The normalized spacial score (nSPS) is 18.9. The van der Waals surface area contributed by atoms with Gasteiger partial charge in [-0.3, -0.25) is 9.59 Å². The van der Waals surface area contributed by atoms with E-state index in [0.29, 0.717) is 11.6 Å². The van der Waals surface area contributed by atoms with Crippen molar-refractivity contribution < 1.29 is 14.3 Å². The Kier molecular flexibility index (Phi) is 2.65. The Hall–Kier alpha value is -2.57. The minimum atomic E-state index is -0.987. The molecule has 0 unspecified atom stereocenters. The SMILES string of the molecule is NC(=O)C(N)=C[C@@H]1Oc2cccnc2NC1=O. The number of nitrogens with two attached hydrogens (primary N) is 2.